The van der Waals surface area contributed by atoms with Gasteiger partial charge in [0.2, 0.25) is 5.91 Å². The highest BCUT2D eigenvalue weighted by Gasteiger charge is 2.13. The zero-order chi connectivity index (χ0) is 17.2. The molecular formula is C19H17NO4. The van der Waals surface area contributed by atoms with Crippen molar-refractivity contribution in [3.05, 3.63) is 84.5 Å². The first-order valence-corrected chi connectivity index (χ1v) is 7.26. The van der Waals surface area contributed by atoms with E-state index in [-0.39, 0.29) is 12.3 Å². The minimum atomic E-state index is -0.673. The molecule has 0 unspecified atom stereocenters. The minimum Gasteiger partial charge on any atom is -0.465 e. The highest BCUT2D eigenvalue weighted by Crippen LogP contribution is 2.08. The highest BCUT2D eigenvalue weighted by atomic mass is 16.5. The summed E-state index contributed by atoms with van der Waals surface area (Å²) < 4.78 is 10.1. The molecule has 0 aliphatic carbocycles. The van der Waals surface area contributed by atoms with Crippen LogP contribution in [0.3, 0.4) is 0 Å². The van der Waals surface area contributed by atoms with Gasteiger partial charge in [-0.3, -0.25) is 4.79 Å². The summed E-state index contributed by atoms with van der Waals surface area (Å²) in [5.74, 6) is -0.701. The van der Waals surface area contributed by atoms with Crippen LogP contribution in [-0.4, -0.2) is 18.5 Å². The second kappa shape index (κ2) is 8.95. The SMILES string of the molecule is C=CCOC(=O)/C(=C\c1ccco1)NC(=O)/C=C/c1ccccc1. The molecule has 0 saturated heterocycles. The topological polar surface area (TPSA) is 68.5 Å². The van der Waals surface area contributed by atoms with Crippen molar-refractivity contribution in [1.29, 1.82) is 0 Å². The van der Waals surface area contributed by atoms with E-state index in [0.29, 0.717) is 5.76 Å². The zero-order valence-electron chi connectivity index (χ0n) is 13.0. The van der Waals surface area contributed by atoms with E-state index in [1.807, 2.05) is 30.3 Å². The monoisotopic (exact) mass is 323 g/mol. The van der Waals surface area contributed by atoms with Crippen molar-refractivity contribution in [3.63, 3.8) is 0 Å². The summed E-state index contributed by atoms with van der Waals surface area (Å²) >= 11 is 0. The predicted octanol–water partition coefficient (Wildman–Crippen LogP) is 3.18. The van der Waals surface area contributed by atoms with E-state index < -0.39 is 11.9 Å². The number of carbonyl (C=O) groups is 2. The van der Waals surface area contributed by atoms with E-state index in [2.05, 4.69) is 11.9 Å². The van der Waals surface area contributed by atoms with Crippen molar-refractivity contribution in [1.82, 2.24) is 5.32 Å². The molecule has 1 heterocycles. The Morgan fingerprint density at radius 2 is 1.96 bits per heavy atom. The Morgan fingerprint density at radius 3 is 2.62 bits per heavy atom. The molecule has 0 aliphatic rings. The van der Waals surface area contributed by atoms with Gasteiger partial charge < -0.3 is 14.5 Å². The largest absolute Gasteiger partial charge is 0.465 e. The number of carbonyl (C=O) groups excluding carboxylic acids is 2. The lowest BCUT2D eigenvalue weighted by atomic mass is 10.2. The van der Waals surface area contributed by atoms with Crippen molar-refractivity contribution in [3.8, 4) is 0 Å². The first-order valence-electron chi connectivity index (χ1n) is 7.26. The molecule has 0 atom stereocenters. The number of rotatable bonds is 7. The number of benzene rings is 1. The van der Waals surface area contributed by atoms with Gasteiger partial charge >= 0.3 is 5.97 Å². The van der Waals surface area contributed by atoms with E-state index in [4.69, 9.17) is 9.15 Å². The van der Waals surface area contributed by atoms with Crippen LogP contribution in [0, 0.1) is 0 Å². The molecule has 2 aromatic rings. The normalized spacial score (nSPS) is 11.2. The van der Waals surface area contributed by atoms with Crippen LogP contribution in [-0.2, 0) is 14.3 Å². The van der Waals surface area contributed by atoms with Crippen LogP contribution in [0.25, 0.3) is 12.2 Å². The zero-order valence-corrected chi connectivity index (χ0v) is 13.0. The number of furan rings is 1. The number of ether oxygens (including phenoxy) is 1. The first-order chi connectivity index (χ1) is 11.7. The molecule has 0 spiro atoms. The highest BCUT2D eigenvalue weighted by molar-refractivity contribution is 6.01. The number of hydrogen-bond donors (Lipinski definition) is 1. The molecule has 24 heavy (non-hydrogen) atoms. The number of nitrogens with one attached hydrogen (secondary N) is 1. The quantitative estimate of drug-likeness (QED) is 0.483. The molecule has 5 nitrogen and oxygen atoms in total. The van der Waals surface area contributed by atoms with Crippen LogP contribution in [0.2, 0.25) is 0 Å². The van der Waals surface area contributed by atoms with Gasteiger partial charge in [0.1, 0.15) is 18.1 Å². The molecule has 0 fully saturated rings. The molecule has 0 bridgehead atoms. The van der Waals surface area contributed by atoms with Crippen molar-refractivity contribution >= 4 is 24.0 Å². The molecule has 1 amide bonds. The molecule has 122 valence electrons. The summed E-state index contributed by atoms with van der Waals surface area (Å²) in [5.41, 5.74) is 0.855. The number of esters is 1. The third-order valence-corrected chi connectivity index (χ3v) is 2.87. The second-order valence-electron chi connectivity index (χ2n) is 4.69. The number of amides is 1. The molecule has 1 N–H and O–H groups in total. The van der Waals surface area contributed by atoms with E-state index in [1.165, 1.54) is 24.5 Å². The summed E-state index contributed by atoms with van der Waals surface area (Å²) in [6.07, 6.45) is 7.30. The fraction of sp³-hybridized carbons (Fsp3) is 0.0526. The van der Waals surface area contributed by atoms with Crippen LogP contribution in [0.4, 0.5) is 0 Å². The third kappa shape index (κ3) is 5.46. The van der Waals surface area contributed by atoms with Gasteiger partial charge in [-0.2, -0.15) is 0 Å². The van der Waals surface area contributed by atoms with Crippen LogP contribution in [0.5, 0.6) is 0 Å². The Bertz CT molecular complexity index is 743. The molecule has 1 aromatic carbocycles. The van der Waals surface area contributed by atoms with E-state index >= 15 is 0 Å². The maximum Gasteiger partial charge on any atom is 0.355 e. The van der Waals surface area contributed by atoms with Gasteiger partial charge in [0.05, 0.1) is 6.26 Å². The summed E-state index contributed by atoms with van der Waals surface area (Å²) in [6.45, 7) is 3.52. The van der Waals surface area contributed by atoms with Crippen molar-refractivity contribution < 1.29 is 18.7 Å². The van der Waals surface area contributed by atoms with E-state index in [0.717, 1.165) is 5.56 Å². The van der Waals surface area contributed by atoms with Crippen LogP contribution in [0.15, 0.2) is 77.6 Å². The lowest BCUT2D eigenvalue weighted by Crippen LogP contribution is -2.27. The van der Waals surface area contributed by atoms with Crippen molar-refractivity contribution in [2.24, 2.45) is 0 Å². The fourth-order valence-electron chi connectivity index (χ4n) is 1.78. The first kappa shape index (κ1) is 17.0. The summed E-state index contributed by atoms with van der Waals surface area (Å²) in [7, 11) is 0. The molecule has 5 heteroatoms. The van der Waals surface area contributed by atoms with E-state index in [9.17, 15) is 9.59 Å². The third-order valence-electron chi connectivity index (χ3n) is 2.87. The van der Waals surface area contributed by atoms with Crippen molar-refractivity contribution in [2.45, 2.75) is 0 Å². The van der Waals surface area contributed by atoms with Gasteiger partial charge in [0, 0.05) is 12.2 Å². The van der Waals surface area contributed by atoms with Gasteiger partial charge in [-0.05, 0) is 23.8 Å². The van der Waals surface area contributed by atoms with Crippen LogP contribution >= 0.6 is 0 Å². The lowest BCUT2D eigenvalue weighted by Gasteiger charge is -2.07. The standard InChI is InChI=1S/C19H17NO4/c1-2-12-24-19(22)17(14-16-9-6-13-23-16)20-18(21)11-10-15-7-4-3-5-8-15/h2-11,13-14H,1,12H2,(H,20,21)/b11-10+,17-14+. The molecule has 0 aliphatic heterocycles. The van der Waals surface area contributed by atoms with Gasteiger partial charge in [0.15, 0.2) is 0 Å². The Balaban J connectivity index is 2.09. The molecule has 2 rings (SSSR count). The second-order valence-corrected chi connectivity index (χ2v) is 4.69. The number of hydrogen-bond acceptors (Lipinski definition) is 4. The van der Waals surface area contributed by atoms with Gasteiger partial charge in [0.25, 0.3) is 0 Å². The van der Waals surface area contributed by atoms with Crippen LogP contribution < -0.4 is 5.32 Å². The summed E-state index contributed by atoms with van der Waals surface area (Å²) in [6, 6.07) is 12.7. The fourth-order valence-corrected chi connectivity index (χ4v) is 1.78. The molecule has 0 radical (unpaired) electrons. The average molecular weight is 323 g/mol. The predicted molar refractivity (Wildman–Crippen MR) is 91.5 cm³/mol. The average Bonchev–Trinajstić information content (AvgIpc) is 3.11. The Morgan fingerprint density at radius 1 is 1.17 bits per heavy atom. The van der Waals surface area contributed by atoms with E-state index in [1.54, 1.807) is 18.2 Å². The minimum absolute atomic E-state index is 0.0190. The Labute approximate surface area is 139 Å². The summed E-state index contributed by atoms with van der Waals surface area (Å²) in [5, 5.41) is 2.50. The molecule has 0 saturated carbocycles. The smallest absolute Gasteiger partial charge is 0.355 e. The van der Waals surface area contributed by atoms with Crippen LogP contribution in [0.1, 0.15) is 11.3 Å². The Hall–Kier alpha value is -3.34. The van der Waals surface area contributed by atoms with Gasteiger partial charge in [-0.1, -0.05) is 43.0 Å². The Kier molecular flexibility index (Phi) is 6.35. The maximum atomic E-state index is 12.0. The lowest BCUT2D eigenvalue weighted by molar-refractivity contribution is -0.139. The maximum absolute atomic E-state index is 12.0. The van der Waals surface area contributed by atoms with Crippen molar-refractivity contribution in [2.75, 3.05) is 6.61 Å². The molecular weight excluding hydrogens is 306 g/mol. The van der Waals surface area contributed by atoms with Gasteiger partial charge in [-0.15, -0.1) is 0 Å². The summed E-state index contributed by atoms with van der Waals surface area (Å²) in [4.78, 5) is 24.1. The van der Waals surface area contributed by atoms with Gasteiger partial charge in [-0.25, -0.2) is 4.79 Å². The molecule has 1 aromatic heterocycles.